The molecule has 2 aromatic carbocycles. The Bertz CT molecular complexity index is 724. The SMILES string of the molecule is O=C1c2ccccc2[C@]2(O)Oc3ccccc3[C@]12O. The molecule has 94 valence electrons. The zero-order chi connectivity index (χ0) is 13.3. The number of aliphatic hydroxyl groups is 2. The van der Waals surface area contributed by atoms with Crippen LogP contribution in [0.2, 0.25) is 0 Å². The summed E-state index contributed by atoms with van der Waals surface area (Å²) in [5, 5.41) is 21.5. The number of ketones is 1. The Balaban J connectivity index is 2.08. The Hall–Kier alpha value is -2.17. The summed E-state index contributed by atoms with van der Waals surface area (Å²) < 4.78 is 5.50. The van der Waals surface area contributed by atoms with E-state index < -0.39 is 17.2 Å². The van der Waals surface area contributed by atoms with Crippen molar-refractivity contribution in [3.63, 3.8) is 0 Å². The molecule has 1 aliphatic heterocycles. The summed E-state index contributed by atoms with van der Waals surface area (Å²) in [5.74, 6) is -2.24. The van der Waals surface area contributed by atoms with Crippen molar-refractivity contribution in [1.82, 2.24) is 0 Å². The zero-order valence-corrected chi connectivity index (χ0v) is 9.83. The van der Waals surface area contributed by atoms with Gasteiger partial charge in [-0.3, -0.25) is 4.79 Å². The summed E-state index contributed by atoms with van der Waals surface area (Å²) in [6.45, 7) is 0. The molecule has 0 spiro atoms. The second-order valence-electron chi connectivity index (χ2n) is 4.83. The van der Waals surface area contributed by atoms with Crippen molar-refractivity contribution < 1.29 is 19.7 Å². The number of carbonyl (C=O) groups excluding carboxylic acids is 1. The molecule has 2 atom stereocenters. The quantitative estimate of drug-likeness (QED) is 0.743. The fourth-order valence-corrected chi connectivity index (χ4v) is 2.97. The van der Waals surface area contributed by atoms with Crippen LogP contribution in [0.25, 0.3) is 0 Å². The number of hydrogen-bond donors (Lipinski definition) is 2. The van der Waals surface area contributed by atoms with Crippen LogP contribution >= 0.6 is 0 Å². The van der Waals surface area contributed by atoms with Crippen molar-refractivity contribution >= 4 is 5.78 Å². The number of ether oxygens (including phenoxy) is 1. The molecule has 0 aromatic heterocycles. The molecule has 2 aromatic rings. The predicted octanol–water partition coefficient (Wildman–Crippen LogP) is 1.31. The van der Waals surface area contributed by atoms with Gasteiger partial charge in [-0.2, -0.15) is 0 Å². The number of carbonyl (C=O) groups is 1. The van der Waals surface area contributed by atoms with Crippen molar-refractivity contribution in [1.29, 1.82) is 0 Å². The van der Waals surface area contributed by atoms with E-state index in [1.807, 2.05) is 0 Å². The first-order chi connectivity index (χ1) is 9.09. The summed E-state index contributed by atoms with van der Waals surface area (Å²) in [6.07, 6.45) is 0. The van der Waals surface area contributed by atoms with Crippen LogP contribution in [0.1, 0.15) is 21.5 Å². The molecule has 0 unspecified atom stereocenters. The zero-order valence-electron chi connectivity index (χ0n) is 9.83. The van der Waals surface area contributed by atoms with Gasteiger partial charge in [-0.05, 0) is 6.07 Å². The summed E-state index contributed by atoms with van der Waals surface area (Å²) >= 11 is 0. The topological polar surface area (TPSA) is 66.8 Å². The second kappa shape index (κ2) is 3.04. The molecule has 1 heterocycles. The van der Waals surface area contributed by atoms with Crippen LogP contribution in [0.5, 0.6) is 5.75 Å². The van der Waals surface area contributed by atoms with Crippen LogP contribution in [-0.4, -0.2) is 16.0 Å². The molecule has 4 rings (SSSR count). The molecule has 0 radical (unpaired) electrons. The van der Waals surface area contributed by atoms with Gasteiger partial charge in [0.2, 0.25) is 11.4 Å². The van der Waals surface area contributed by atoms with Crippen molar-refractivity contribution in [2.45, 2.75) is 11.4 Å². The van der Waals surface area contributed by atoms with Gasteiger partial charge < -0.3 is 14.9 Å². The third kappa shape index (κ3) is 0.971. The van der Waals surface area contributed by atoms with Crippen LogP contribution in [0.4, 0.5) is 0 Å². The minimum atomic E-state index is -2.06. The molecule has 4 nitrogen and oxygen atoms in total. The second-order valence-corrected chi connectivity index (χ2v) is 4.83. The molecule has 0 saturated heterocycles. The average molecular weight is 254 g/mol. The van der Waals surface area contributed by atoms with Gasteiger partial charge in [0.05, 0.1) is 0 Å². The van der Waals surface area contributed by atoms with E-state index in [1.165, 1.54) is 0 Å². The minimum Gasteiger partial charge on any atom is -0.454 e. The van der Waals surface area contributed by atoms with E-state index in [0.29, 0.717) is 22.4 Å². The van der Waals surface area contributed by atoms with Crippen LogP contribution in [0, 0.1) is 0 Å². The number of para-hydroxylation sites is 1. The lowest BCUT2D eigenvalue weighted by Gasteiger charge is -2.28. The van der Waals surface area contributed by atoms with E-state index >= 15 is 0 Å². The first kappa shape index (κ1) is 10.7. The maximum atomic E-state index is 12.5. The Kier molecular flexibility index (Phi) is 1.72. The van der Waals surface area contributed by atoms with Crippen LogP contribution in [0.3, 0.4) is 0 Å². The van der Waals surface area contributed by atoms with Crippen molar-refractivity contribution in [3.05, 3.63) is 65.2 Å². The molecule has 4 heteroatoms. The molecule has 19 heavy (non-hydrogen) atoms. The molecule has 0 bridgehead atoms. The fourth-order valence-electron chi connectivity index (χ4n) is 2.97. The Labute approximate surface area is 108 Å². The maximum absolute atomic E-state index is 12.5. The highest BCUT2D eigenvalue weighted by Crippen LogP contribution is 2.57. The monoisotopic (exact) mass is 254 g/mol. The molecule has 1 aliphatic carbocycles. The number of rotatable bonds is 0. The third-order valence-electron chi connectivity index (χ3n) is 3.89. The van der Waals surface area contributed by atoms with E-state index in [4.69, 9.17) is 4.74 Å². The van der Waals surface area contributed by atoms with E-state index in [2.05, 4.69) is 0 Å². The van der Waals surface area contributed by atoms with Crippen molar-refractivity contribution in [2.75, 3.05) is 0 Å². The lowest BCUT2D eigenvalue weighted by Crippen LogP contribution is -2.48. The first-order valence-corrected chi connectivity index (χ1v) is 5.96. The molecular weight excluding hydrogens is 244 g/mol. The normalized spacial score (nSPS) is 30.5. The molecule has 2 aliphatic rings. The molecule has 0 saturated carbocycles. The average Bonchev–Trinajstić information content (AvgIpc) is 2.77. The summed E-state index contributed by atoms with van der Waals surface area (Å²) in [7, 11) is 0. The van der Waals surface area contributed by atoms with Gasteiger partial charge in [0.25, 0.3) is 5.79 Å². The summed E-state index contributed by atoms with van der Waals surface area (Å²) in [5.41, 5.74) is -1.16. The molecule has 0 amide bonds. The van der Waals surface area contributed by atoms with E-state index in [0.717, 1.165) is 0 Å². The Morgan fingerprint density at radius 3 is 2.32 bits per heavy atom. The summed E-state index contributed by atoms with van der Waals surface area (Å²) in [6, 6.07) is 13.2. The fraction of sp³-hybridized carbons (Fsp3) is 0.133. The molecular formula is C15H10O4. The number of benzene rings is 2. The Morgan fingerprint density at radius 2 is 1.53 bits per heavy atom. The van der Waals surface area contributed by atoms with Crippen molar-refractivity contribution in [2.24, 2.45) is 0 Å². The number of hydrogen-bond acceptors (Lipinski definition) is 4. The van der Waals surface area contributed by atoms with Crippen LogP contribution in [0.15, 0.2) is 48.5 Å². The number of Topliss-reactive ketones (excluding diaryl/α,β-unsaturated/α-hetero) is 1. The van der Waals surface area contributed by atoms with E-state index in [-0.39, 0.29) is 0 Å². The smallest absolute Gasteiger partial charge is 0.276 e. The molecule has 2 N–H and O–H groups in total. The van der Waals surface area contributed by atoms with Gasteiger partial charge in [0.15, 0.2) is 0 Å². The highest BCUT2D eigenvalue weighted by molar-refractivity contribution is 6.09. The number of fused-ring (bicyclic) bond motifs is 5. The maximum Gasteiger partial charge on any atom is 0.276 e. The minimum absolute atomic E-state index is 0.294. The van der Waals surface area contributed by atoms with E-state index in [9.17, 15) is 15.0 Å². The van der Waals surface area contributed by atoms with Gasteiger partial charge in [0, 0.05) is 16.7 Å². The van der Waals surface area contributed by atoms with Gasteiger partial charge in [-0.25, -0.2) is 0 Å². The van der Waals surface area contributed by atoms with Crippen molar-refractivity contribution in [3.8, 4) is 5.75 Å². The highest BCUT2D eigenvalue weighted by atomic mass is 16.7. The van der Waals surface area contributed by atoms with Gasteiger partial charge in [-0.1, -0.05) is 42.5 Å². The van der Waals surface area contributed by atoms with E-state index in [1.54, 1.807) is 48.5 Å². The predicted molar refractivity (Wildman–Crippen MR) is 65.6 cm³/mol. The first-order valence-electron chi connectivity index (χ1n) is 5.96. The van der Waals surface area contributed by atoms with Gasteiger partial charge in [-0.15, -0.1) is 0 Å². The van der Waals surface area contributed by atoms with Crippen LogP contribution < -0.4 is 4.74 Å². The van der Waals surface area contributed by atoms with Gasteiger partial charge >= 0.3 is 0 Å². The lowest BCUT2D eigenvalue weighted by molar-refractivity contribution is -0.224. The molecule has 0 fully saturated rings. The van der Waals surface area contributed by atoms with Gasteiger partial charge in [0.1, 0.15) is 5.75 Å². The standard InChI is InChI=1S/C15H10O4/c16-13-9-5-1-2-6-10(9)15(18)14(13,17)11-7-3-4-8-12(11)19-15/h1-8,17-18H/t14-,15-/m0/s1. The highest BCUT2D eigenvalue weighted by Gasteiger charge is 2.70. The summed E-state index contributed by atoms with van der Waals surface area (Å²) in [4.78, 5) is 12.5. The lowest BCUT2D eigenvalue weighted by atomic mass is 9.87. The van der Waals surface area contributed by atoms with Crippen LogP contribution in [-0.2, 0) is 11.4 Å². The largest absolute Gasteiger partial charge is 0.454 e. The Morgan fingerprint density at radius 1 is 0.895 bits per heavy atom. The third-order valence-corrected chi connectivity index (χ3v) is 3.89.